The molecule has 0 aromatic heterocycles. The molecule has 80 heavy (non-hydrogen) atoms. The lowest BCUT2D eigenvalue weighted by molar-refractivity contribution is 0.483. The summed E-state index contributed by atoms with van der Waals surface area (Å²) in [7, 11) is 0. The van der Waals surface area contributed by atoms with Crippen molar-refractivity contribution in [2.75, 3.05) is 0 Å². The van der Waals surface area contributed by atoms with Gasteiger partial charge in [-0.2, -0.15) is 0 Å². The van der Waals surface area contributed by atoms with Gasteiger partial charge < -0.3 is 18.9 Å². The Hall–Kier alpha value is -5.76. The Morgan fingerprint density at radius 3 is 0.950 bits per heavy atom. The summed E-state index contributed by atoms with van der Waals surface area (Å²) in [4.78, 5) is 0. The molecule has 4 nitrogen and oxygen atoms in total. The van der Waals surface area contributed by atoms with Gasteiger partial charge in [0.15, 0.2) is 0 Å². The zero-order chi connectivity index (χ0) is 56.6. The number of hydrogen-bond donors (Lipinski definition) is 0. The molecule has 0 aliphatic rings. The Balaban J connectivity index is 1.52. The van der Waals surface area contributed by atoms with E-state index in [4.69, 9.17) is 112 Å². The zero-order valence-corrected chi connectivity index (χ0v) is 50.9. The Morgan fingerprint density at radius 1 is 0.263 bits per heavy atom. The molecule has 0 amide bonds. The molecule has 11 rings (SSSR count). The fourth-order valence-corrected chi connectivity index (χ4v) is 12.5. The van der Waals surface area contributed by atoms with Crippen molar-refractivity contribution in [1.29, 1.82) is 0 Å². The van der Waals surface area contributed by atoms with E-state index in [0.29, 0.717) is 87.6 Å². The van der Waals surface area contributed by atoms with Gasteiger partial charge in [0.1, 0.15) is 66.1 Å². The molecule has 404 valence electrons. The van der Waals surface area contributed by atoms with Crippen LogP contribution in [-0.2, 0) is 0 Å². The smallest absolute Gasteiger partial charge is 0.147 e. The van der Waals surface area contributed by atoms with Crippen molar-refractivity contribution >= 4 is 136 Å². The highest BCUT2D eigenvalue weighted by Crippen LogP contribution is 2.62. The van der Waals surface area contributed by atoms with E-state index in [1.54, 1.807) is 60.7 Å². The van der Waals surface area contributed by atoms with Crippen LogP contribution in [0.3, 0.4) is 0 Å². The van der Waals surface area contributed by atoms with E-state index in [9.17, 15) is 0 Å². The van der Waals surface area contributed by atoms with Crippen LogP contribution in [0.15, 0.2) is 146 Å². The van der Waals surface area contributed by atoms with Gasteiger partial charge in [0.25, 0.3) is 0 Å². The molecule has 0 spiro atoms. The largest absolute Gasteiger partial charge is 0.455 e. The number of benzene rings is 11. The van der Waals surface area contributed by atoms with Gasteiger partial charge in [0.05, 0.1) is 20.1 Å². The third-order valence-electron chi connectivity index (χ3n) is 14.8. The number of rotatable bonds is 14. The van der Waals surface area contributed by atoms with E-state index >= 15 is 0 Å². The highest BCUT2D eigenvalue weighted by Gasteiger charge is 2.35. The van der Waals surface area contributed by atoms with Crippen LogP contribution in [0.2, 0.25) is 40.2 Å². The lowest BCUT2D eigenvalue weighted by atomic mass is 9.75. The highest BCUT2D eigenvalue weighted by molar-refractivity contribution is 6.45. The second kappa shape index (κ2) is 22.5. The van der Waals surface area contributed by atoms with Crippen LogP contribution in [0.1, 0.15) is 101 Å². The number of hydrogen-bond acceptors (Lipinski definition) is 4. The van der Waals surface area contributed by atoms with E-state index in [2.05, 4.69) is 97.9 Å². The predicted octanol–water partition coefficient (Wildman–Crippen LogP) is 26.0. The molecule has 0 radical (unpaired) electrons. The molecule has 0 bridgehead atoms. The number of fused-ring (bicyclic) bond motifs is 2. The summed E-state index contributed by atoms with van der Waals surface area (Å²) in [6.45, 7) is 17.9. The van der Waals surface area contributed by atoms with Crippen molar-refractivity contribution in [3.63, 3.8) is 0 Å². The first-order valence-corrected chi connectivity index (χ1v) is 29.4. The topological polar surface area (TPSA) is 36.9 Å². The Bertz CT molecular complexity index is 4150. The molecule has 0 unspecified atom stereocenters. The van der Waals surface area contributed by atoms with Crippen molar-refractivity contribution in [2.24, 2.45) is 0 Å². The molecule has 0 aliphatic carbocycles. The summed E-state index contributed by atoms with van der Waals surface area (Å²) in [6, 6.07) is 46.7. The summed E-state index contributed by atoms with van der Waals surface area (Å²) in [5.74, 6) is 3.38. The number of ether oxygens (including phenoxy) is 4. The molecule has 0 fully saturated rings. The molecule has 11 aromatic rings. The summed E-state index contributed by atoms with van der Waals surface area (Å²) in [6.07, 6.45) is 0. The molecule has 0 saturated carbocycles. The second-order valence-electron chi connectivity index (χ2n) is 21.1. The summed E-state index contributed by atoms with van der Waals surface area (Å²) >= 11 is 55.8. The average Bonchev–Trinajstić information content (AvgIpc) is 1.18. The van der Waals surface area contributed by atoms with Crippen molar-refractivity contribution in [3.05, 3.63) is 208 Å². The van der Waals surface area contributed by atoms with Crippen molar-refractivity contribution in [2.45, 2.75) is 79.1 Å². The van der Waals surface area contributed by atoms with Gasteiger partial charge in [-0.15, -0.1) is 0 Å². The minimum Gasteiger partial charge on any atom is -0.455 e. The van der Waals surface area contributed by atoms with E-state index in [1.165, 1.54) is 0 Å². The van der Waals surface area contributed by atoms with Gasteiger partial charge in [0, 0.05) is 43.4 Å². The predicted molar refractivity (Wildman–Crippen MR) is 341 cm³/mol. The standard InChI is InChI=1S/C68H52Cl8O4/c1-33(2)38-15-9-16-39(34(3)4)55(38)57-42-29-32-49(79-52-25-13-21-45(71)66(52)75)61-58(42)63(68(80-53-26-14-22-46(72)67(53)76)62(57)56-40(35(5)6)17-10-18-41(56)36(7)8)60-48(78-51-24-12-20-44(70)65(51)74)31-28-37-27-30-47(59(61)54(37)60)77-50-23-11-19-43(69)64(50)73/h9-36H,1-8H3. The van der Waals surface area contributed by atoms with Crippen molar-refractivity contribution in [3.8, 4) is 68.2 Å². The molecule has 0 saturated heterocycles. The van der Waals surface area contributed by atoms with Crippen LogP contribution in [0.4, 0.5) is 0 Å². The van der Waals surface area contributed by atoms with Gasteiger partial charge in [-0.05, 0) is 141 Å². The Morgan fingerprint density at radius 2 is 0.575 bits per heavy atom. The molecule has 12 heteroatoms. The first-order valence-electron chi connectivity index (χ1n) is 26.4. The first-order chi connectivity index (χ1) is 38.4. The first kappa shape index (κ1) is 56.1. The number of halogens is 8. The van der Waals surface area contributed by atoms with Gasteiger partial charge in [0.2, 0.25) is 0 Å². The SMILES string of the molecule is CC(C)c1cccc(C(C)C)c1-c1c(-c2c(C(C)C)cccc2C(C)C)c2ccc(Oc3cccc(Cl)c3Cl)c3c4c(Oc5cccc(Cl)c5Cl)ccc5ccc(Oc6cccc(Cl)c6Cl)c(c(c1Oc1cccc(Cl)c1Cl)c23)c54. The van der Waals surface area contributed by atoms with Gasteiger partial charge in [-0.3, -0.25) is 0 Å². The van der Waals surface area contributed by atoms with E-state index in [1.807, 2.05) is 42.5 Å². The lowest BCUT2D eigenvalue weighted by Gasteiger charge is -2.31. The third kappa shape index (κ3) is 9.82. The molecule has 0 N–H and O–H groups in total. The zero-order valence-electron chi connectivity index (χ0n) is 44.8. The molecule has 0 atom stereocenters. The van der Waals surface area contributed by atoms with Crippen LogP contribution in [0, 0.1) is 0 Å². The monoisotopic (exact) mass is 1210 g/mol. The quantitative estimate of drug-likeness (QED) is 0.0803. The van der Waals surface area contributed by atoms with Crippen molar-refractivity contribution < 1.29 is 18.9 Å². The Kier molecular flexibility index (Phi) is 15.8. The lowest BCUT2D eigenvalue weighted by Crippen LogP contribution is -2.07. The van der Waals surface area contributed by atoms with E-state index in [-0.39, 0.29) is 43.8 Å². The maximum absolute atomic E-state index is 7.81. The minimum absolute atomic E-state index is 0.0518. The van der Waals surface area contributed by atoms with Gasteiger partial charge in [-0.25, -0.2) is 0 Å². The van der Waals surface area contributed by atoms with E-state index < -0.39 is 0 Å². The van der Waals surface area contributed by atoms with Crippen LogP contribution in [-0.4, -0.2) is 0 Å². The molecular weight excluding hydrogens is 1160 g/mol. The highest BCUT2D eigenvalue weighted by atomic mass is 35.5. The fourth-order valence-electron chi connectivity index (χ4n) is 11.2. The molecule has 0 heterocycles. The van der Waals surface area contributed by atoms with Crippen LogP contribution in [0.5, 0.6) is 46.0 Å². The fraction of sp³-hybridized carbons (Fsp3) is 0.176. The minimum atomic E-state index is 0.0518. The van der Waals surface area contributed by atoms with Crippen LogP contribution < -0.4 is 18.9 Å². The molecule has 11 aromatic carbocycles. The van der Waals surface area contributed by atoms with Crippen molar-refractivity contribution in [1.82, 2.24) is 0 Å². The van der Waals surface area contributed by atoms with Gasteiger partial charge >= 0.3 is 0 Å². The second-order valence-corrected chi connectivity index (χ2v) is 24.3. The maximum atomic E-state index is 7.81. The summed E-state index contributed by atoms with van der Waals surface area (Å²) < 4.78 is 29.2. The molecule has 0 aliphatic heterocycles. The average molecular weight is 1220 g/mol. The normalized spacial score (nSPS) is 11.9. The Labute approximate surface area is 506 Å². The van der Waals surface area contributed by atoms with Gasteiger partial charge in [-0.1, -0.05) is 221 Å². The summed E-state index contributed by atoms with van der Waals surface area (Å²) in [5.41, 5.74) is 8.46. The van der Waals surface area contributed by atoms with Crippen LogP contribution >= 0.6 is 92.8 Å². The summed E-state index contributed by atoms with van der Waals surface area (Å²) in [5, 5.41) is 8.05. The maximum Gasteiger partial charge on any atom is 0.147 e. The molecular formula is C68H52Cl8O4. The van der Waals surface area contributed by atoms with Crippen LogP contribution in [0.25, 0.3) is 65.3 Å². The third-order valence-corrected chi connectivity index (χ3v) is 18.0. The van der Waals surface area contributed by atoms with E-state index in [0.717, 1.165) is 66.1 Å².